The highest BCUT2D eigenvalue weighted by Gasteiger charge is 2.34. The largest absolute Gasteiger partial charge is 0.489 e. The summed E-state index contributed by atoms with van der Waals surface area (Å²) in [6, 6.07) is 21.4. The third kappa shape index (κ3) is 5.57. The Labute approximate surface area is 239 Å². The number of nitrogens with zero attached hydrogens (tertiary/aromatic N) is 2. The fraction of sp³-hybridized carbons (Fsp3) is 0.167. The van der Waals surface area contributed by atoms with Crippen molar-refractivity contribution in [2.24, 2.45) is 4.99 Å². The topological polar surface area (TPSA) is 69.9 Å². The third-order valence-corrected chi connectivity index (χ3v) is 7.92. The van der Waals surface area contributed by atoms with E-state index < -0.39 is 12.0 Å². The minimum atomic E-state index is -0.763. The third-order valence-electron chi connectivity index (χ3n) is 6.22. The van der Waals surface area contributed by atoms with E-state index in [2.05, 4.69) is 4.99 Å². The summed E-state index contributed by atoms with van der Waals surface area (Å²) in [6.07, 6.45) is 1.79. The van der Waals surface area contributed by atoms with Crippen LogP contribution in [-0.4, -0.2) is 17.1 Å². The highest BCUT2D eigenvalue weighted by Crippen LogP contribution is 2.34. The van der Waals surface area contributed by atoms with E-state index in [0.717, 1.165) is 11.1 Å². The molecule has 1 aliphatic heterocycles. The van der Waals surface area contributed by atoms with Crippen molar-refractivity contribution in [3.63, 3.8) is 0 Å². The quantitative estimate of drug-likeness (QED) is 0.264. The summed E-state index contributed by atoms with van der Waals surface area (Å²) in [5, 5.41) is 1.08. The summed E-state index contributed by atoms with van der Waals surface area (Å²) in [5.74, 6) is 0.118. The van der Waals surface area contributed by atoms with E-state index in [9.17, 15) is 9.59 Å². The second-order valence-electron chi connectivity index (χ2n) is 8.78. The lowest BCUT2D eigenvalue weighted by Gasteiger charge is -2.25. The molecule has 198 valence electrons. The van der Waals surface area contributed by atoms with E-state index in [1.165, 1.54) is 15.9 Å². The van der Waals surface area contributed by atoms with Crippen molar-refractivity contribution >= 4 is 46.6 Å². The first-order valence-electron chi connectivity index (χ1n) is 12.3. The Bertz CT molecular complexity index is 1770. The van der Waals surface area contributed by atoms with Crippen LogP contribution in [-0.2, 0) is 16.1 Å². The first kappa shape index (κ1) is 26.9. The first-order chi connectivity index (χ1) is 18.9. The number of fused-ring (bicyclic) bond motifs is 1. The molecule has 1 aliphatic rings. The van der Waals surface area contributed by atoms with Gasteiger partial charge in [0.15, 0.2) is 4.80 Å². The van der Waals surface area contributed by atoms with Gasteiger partial charge in [-0.25, -0.2) is 9.79 Å². The maximum absolute atomic E-state index is 13.8. The lowest BCUT2D eigenvalue weighted by Crippen LogP contribution is -2.40. The van der Waals surface area contributed by atoms with Gasteiger partial charge in [-0.1, -0.05) is 83.1 Å². The standard InChI is InChI=1S/C30H24Cl2N2O4S/c1-3-37-29(36)26-18(2)33-30-34(27(26)22-12-5-7-14-24(22)32)28(35)25(39-30)16-19-9-8-11-21(15-19)38-17-20-10-4-6-13-23(20)31/h4-16,27H,3,17H2,1-2H3/b25-16-/t27-/m1/s1. The number of hydrogen-bond acceptors (Lipinski definition) is 6. The number of carbonyl (C=O) groups excluding carboxylic acids is 1. The molecule has 1 aromatic heterocycles. The van der Waals surface area contributed by atoms with Crippen LogP contribution in [0, 0.1) is 0 Å². The zero-order chi connectivity index (χ0) is 27.5. The Morgan fingerprint density at radius 1 is 1.05 bits per heavy atom. The molecule has 0 spiro atoms. The second kappa shape index (κ2) is 11.6. The molecule has 2 heterocycles. The first-order valence-corrected chi connectivity index (χ1v) is 13.8. The van der Waals surface area contributed by atoms with Gasteiger partial charge in [0.1, 0.15) is 18.4 Å². The van der Waals surface area contributed by atoms with Gasteiger partial charge in [0.2, 0.25) is 0 Å². The molecule has 0 amide bonds. The van der Waals surface area contributed by atoms with Gasteiger partial charge in [-0.05, 0) is 55.3 Å². The molecule has 9 heteroatoms. The molecule has 6 nitrogen and oxygen atoms in total. The van der Waals surface area contributed by atoms with Gasteiger partial charge in [-0.2, -0.15) is 0 Å². The minimum absolute atomic E-state index is 0.199. The van der Waals surface area contributed by atoms with Crippen LogP contribution in [0.1, 0.15) is 36.6 Å². The maximum atomic E-state index is 13.8. The zero-order valence-electron chi connectivity index (χ0n) is 21.2. The van der Waals surface area contributed by atoms with Gasteiger partial charge in [0, 0.05) is 15.6 Å². The number of halogens is 2. The normalized spacial score (nSPS) is 15.1. The fourth-order valence-corrected chi connectivity index (χ4v) is 5.88. The molecule has 0 unspecified atom stereocenters. The van der Waals surface area contributed by atoms with Crippen LogP contribution in [0.15, 0.2) is 93.9 Å². The van der Waals surface area contributed by atoms with E-state index in [1.807, 2.05) is 60.7 Å². The van der Waals surface area contributed by atoms with E-state index in [0.29, 0.717) is 48.6 Å². The van der Waals surface area contributed by atoms with Gasteiger partial charge in [-0.3, -0.25) is 9.36 Å². The Hall–Kier alpha value is -3.65. The van der Waals surface area contributed by atoms with E-state index in [-0.39, 0.29) is 12.2 Å². The van der Waals surface area contributed by atoms with Crippen LogP contribution in [0.25, 0.3) is 6.08 Å². The molecule has 0 saturated carbocycles. The number of thiazole rings is 1. The van der Waals surface area contributed by atoms with Crippen molar-refractivity contribution in [1.29, 1.82) is 0 Å². The number of hydrogen-bond donors (Lipinski definition) is 0. The average Bonchev–Trinajstić information content (AvgIpc) is 3.22. The van der Waals surface area contributed by atoms with Gasteiger partial charge >= 0.3 is 5.97 Å². The van der Waals surface area contributed by atoms with Gasteiger partial charge in [0.25, 0.3) is 5.56 Å². The van der Waals surface area contributed by atoms with Gasteiger partial charge in [-0.15, -0.1) is 0 Å². The lowest BCUT2D eigenvalue weighted by atomic mass is 9.96. The van der Waals surface area contributed by atoms with Crippen molar-refractivity contribution in [3.05, 3.63) is 130 Å². The van der Waals surface area contributed by atoms with E-state index in [1.54, 1.807) is 32.1 Å². The Balaban J connectivity index is 1.56. The maximum Gasteiger partial charge on any atom is 0.338 e. The number of esters is 1. The zero-order valence-corrected chi connectivity index (χ0v) is 23.5. The molecular weight excluding hydrogens is 555 g/mol. The van der Waals surface area contributed by atoms with Gasteiger partial charge in [0.05, 0.1) is 22.4 Å². The summed E-state index contributed by atoms with van der Waals surface area (Å²) in [4.78, 5) is 31.9. The van der Waals surface area contributed by atoms with Crippen LogP contribution < -0.4 is 19.6 Å². The van der Waals surface area contributed by atoms with E-state index >= 15 is 0 Å². The SMILES string of the molecule is CCOC(=O)C1=C(C)N=c2s/c(=C\c3cccc(OCc4ccccc4Cl)c3)c(=O)n2[C@@H]1c1ccccc1Cl. The molecule has 0 radical (unpaired) electrons. The molecule has 0 saturated heterocycles. The second-order valence-corrected chi connectivity index (χ2v) is 10.6. The predicted octanol–water partition coefficient (Wildman–Crippen LogP) is 5.68. The summed E-state index contributed by atoms with van der Waals surface area (Å²) in [5.41, 5.74) is 2.79. The Morgan fingerprint density at radius 2 is 1.79 bits per heavy atom. The number of carbonyl (C=O) groups is 1. The summed E-state index contributed by atoms with van der Waals surface area (Å²) < 4.78 is 13.3. The monoisotopic (exact) mass is 578 g/mol. The summed E-state index contributed by atoms with van der Waals surface area (Å²) >= 11 is 14.1. The smallest absolute Gasteiger partial charge is 0.338 e. The fourth-order valence-electron chi connectivity index (χ4n) is 4.40. The summed E-state index contributed by atoms with van der Waals surface area (Å²) in [6.45, 7) is 4.00. The number of aromatic nitrogens is 1. The molecule has 5 rings (SSSR count). The number of allylic oxidation sites excluding steroid dienone is 1. The van der Waals surface area contributed by atoms with Crippen LogP contribution in [0.4, 0.5) is 0 Å². The minimum Gasteiger partial charge on any atom is -0.489 e. The van der Waals surface area contributed by atoms with Crippen LogP contribution in [0.5, 0.6) is 5.75 Å². The average molecular weight is 580 g/mol. The lowest BCUT2D eigenvalue weighted by molar-refractivity contribution is -0.139. The van der Waals surface area contributed by atoms with Crippen LogP contribution in [0.3, 0.4) is 0 Å². The number of rotatable bonds is 7. The molecule has 3 aromatic carbocycles. The molecule has 0 bridgehead atoms. The van der Waals surface area contributed by atoms with Crippen LogP contribution >= 0.6 is 34.5 Å². The number of benzene rings is 3. The Morgan fingerprint density at radius 3 is 2.54 bits per heavy atom. The predicted molar refractivity (Wildman–Crippen MR) is 154 cm³/mol. The van der Waals surface area contributed by atoms with Crippen molar-refractivity contribution in [3.8, 4) is 5.75 Å². The van der Waals surface area contributed by atoms with Crippen molar-refractivity contribution in [2.45, 2.75) is 26.5 Å². The highest BCUT2D eigenvalue weighted by atomic mass is 35.5. The summed E-state index contributed by atoms with van der Waals surface area (Å²) in [7, 11) is 0. The van der Waals surface area contributed by atoms with Crippen molar-refractivity contribution < 1.29 is 14.3 Å². The molecule has 0 N–H and O–H groups in total. The molecule has 0 fully saturated rings. The van der Waals surface area contributed by atoms with Crippen molar-refractivity contribution in [2.75, 3.05) is 6.61 Å². The molecule has 39 heavy (non-hydrogen) atoms. The van der Waals surface area contributed by atoms with Crippen molar-refractivity contribution in [1.82, 2.24) is 4.57 Å². The molecule has 1 atom stereocenters. The highest BCUT2D eigenvalue weighted by molar-refractivity contribution is 7.07. The van der Waals surface area contributed by atoms with Crippen LogP contribution in [0.2, 0.25) is 10.0 Å². The van der Waals surface area contributed by atoms with Gasteiger partial charge < -0.3 is 9.47 Å². The molecule has 0 aliphatic carbocycles. The molecular formula is C30H24Cl2N2O4S. The Kier molecular flexibility index (Phi) is 8.02. The number of ether oxygens (including phenoxy) is 2. The van der Waals surface area contributed by atoms with E-state index in [4.69, 9.17) is 32.7 Å². The molecule has 4 aromatic rings.